The van der Waals surface area contributed by atoms with Gasteiger partial charge >= 0.3 is 0 Å². The Morgan fingerprint density at radius 3 is 2.89 bits per heavy atom. The maximum Gasteiger partial charge on any atom is 0.234 e. The molecule has 0 spiro atoms. The van der Waals surface area contributed by atoms with Crippen molar-refractivity contribution < 1.29 is 9.21 Å². The summed E-state index contributed by atoms with van der Waals surface area (Å²) in [6.45, 7) is 4.98. The lowest BCUT2D eigenvalue weighted by atomic mass is 9.87. The van der Waals surface area contributed by atoms with Crippen LogP contribution in [-0.2, 0) is 11.3 Å². The second-order valence-corrected chi connectivity index (χ2v) is 5.68. The maximum absolute atomic E-state index is 11.8. The molecule has 0 radical (unpaired) electrons. The van der Waals surface area contributed by atoms with Crippen molar-refractivity contribution in [1.29, 1.82) is 0 Å². The van der Waals surface area contributed by atoms with Crippen molar-refractivity contribution in [2.75, 3.05) is 6.54 Å². The lowest BCUT2D eigenvalue weighted by Gasteiger charge is -2.43. The van der Waals surface area contributed by atoms with E-state index in [0.29, 0.717) is 25.2 Å². The molecule has 104 valence electrons. The normalized spacial score (nSPS) is 28.0. The highest BCUT2D eigenvalue weighted by Crippen LogP contribution is 2.27. The van der Waals surface area contributed by atoms with Gasteiger partial charge in [-0.15, -0.1) is 0 Å². The quantitative estimate of drug-likeness (QED) is 0.879. The minimum absolute atomic E-state index is 0.128. The first-order chi connectivity index (χ1) is 9.13. The lowest BCUT2D eigenvalue weighted by Crippen LogP contribution is -2.61. The fourth-order valence-electron chi connectivity index (χ4n) is 3.22. The highest BCUT2D eigenvalue weighted by atomic mass is 16.4. The molecule has 2 unspecified atom stereocenters. The molecule has 1 aliphatic heterocycles. The number of rotatable bonds is 2. The van der Waals surface area contributed by atoms with Gasteiger partial charge in [0, 0.05) is 12.1 Å². The molecule has 1 aromatic rings. The average Bonchev–Trinajstić information content (AvgIpc) is 2.68. The van der Waals surface area contributed by atoms with E-state index in [9.17, 15) is 4.79 Å². The van der Waals surface area contributed by atoms with Gasteiger partial charge in [0.2, 0.25) is 11.8 Å². The van der Waals surface area contributed by atoms with Crippen molar-refractivity contribution in [1.82, 2.24) is 15.2 Å². The summed E-state index contributed by atoms with van der Waals surface area (Å²) in [5.41, 5.74) is 0.941. The molecule has 5 heteroatoms. The van der Waals surface area contributed by atoms with Gasteiger partial charge in [0.05, 0.1) is 18.8 Å². The zero-order chi connectivity index (χ0) is 13.4. The zero-order valence-corrected chi connectivity index (χ0v) is 11.6. The van der Waals surface area contributed by atoms with Crippen LogP contribution in [0.4, 0.5) is 0 Å². The van der Waals surface area contributed by atoms with Crippen molar-refractivity contribution in [3.63, 3.8) is 0 Å². The van der Waals surface area contributed by atoms with Gasteiger partial charge in [-0.2, -0.15) is 0 Å². The standard InChI is InChI=1S/C14H21N3O2/c1-9-10(2)19-14(15-9)8-17-7-13(18)16-11-5-3-4-6-12(11)17/h11-12H,3-8H2,1-2H3,(H,16,18). The Morgan fingerprint density at radius 2 is 2.16 bits per heavy atom. The van der Waals surface area contributed by atoms with Gasteiger partial charge in [0.1, 0.15) is 5.76 Å². The lowest BCUT2D eigenvalue weighted by molar-refractivity contribution is -0.128. The van der Waals surface area contributed by atoms with Gasteiger partial charge in [0.15, 0.2) is 0 Å². The molecule has 1 aliphatic carbocycles. The van der Waals surface area contributed by atoms with Crippen LogP contribution in [0.2, 0.25) is 0 Å². The van der Waals surface area contributed by atoms with Crippen LogP contribution in [0.15, 0.2) is 4.42 Å². The minimum atomic E-state index is 0.128. The fraction of sp³-hybridized carbons (Fsp3) is 0.714. The number of hydrogen-bond acceptors (Lipinski definition) is 4. The average molecular weight is 263 g/mol. The third-order valence-corrected chi connectivity index (χ3v) is 4.30. The highest BCUT2D eigenvalue weighted by molar-refractivity contribution is 5.79. The third-order valence-electron chi connectivity index (χ3n) is 4.30. The highest BCUT2D eigenvalue weighted by Gasteiger charge is 2.36. The largest absolute Gasteiger partial charge is 0.444 e. The van der Waals surface area contributed by atoms with Crippen molar-refractivity contribution in [3.8, 4) is 0 Å². The monoisotopic (exact) mass is 263 g/mol. The summed E-state index contributed by atoms with van der Waals surface area (Å²) in [7, 11) is 0. The Bertz CT molecular complexity index is 464. The van der Waals surface area contributed by atoms with E-state index >= 15 is 0 Å². The van der Waals surface area contributed by atoms with E-state index in [4.69, 9.17) is 4.42 Å². The third kappa shape index (κ3) is 2.52. The number of amides is 1. The molecule has 2 fully saturated rings. The number of aryl methyl sites for hydroxylation is 2. The van der Waals surface area contributed by atoms with E-state index < -0.39 is 0 Å². The molecule has 1 saturated heterocycles. The minimum Gasteiger partial charge on any atom is -0.444 e. The molecule has 1 N–H and O–H groups in total. The smallest absolute Gasteiger partial charge is 0.234 e. The summed E-state index contributed by atoms with van der Waals surface area (Å²) in [5, 5.41) is 3.12. The summed E-state index contributed by atoms with van der Waals surface area (Å²) in [6, 6.07) is 0.756. The number of carbonyl (C=O) groups is 1. The Balaban J connectivity index is 1.75. The van der Waals surface area contributed by atoms with Gasteiger partial charge < -0.3 is 9.73 Å². The summed E-state index contributed by atoms with van der Waals surface area (Å²) >= 11 is 0. The Labute approximate surface area is 113 Å². The zero-order valence-electron chi connectivity index (χ0n) is 11.6. The summed E-state index contributed by atoms with van der Waals surface area (Å²) in [4.78, 5) is 18.4. The van der Waals surface area contributed by atoms with Crippen LogP contribution < -0.4 is 5.32 Å². The second-order valence-electron chi connectivity index (χ2n) is 5.68. The van der Waals surface area contributed by atoms with Crippen molar-refractivity contribution in [2.24, 2.45) is 0 Å². The molecular weight excluding hydrogens is 242 g/mol. The van der Waals surface area contributed by atoms with Crippen LogP contribution in [0, 0.1) is 13.8 Å². The molecular formula is C14H21N3O2. The van der Waals surface area contributed by atoms with Crippen LogP contribution in [0.3, 0.4) is 0 Å². The molecule has 1 saturated carbocycles. The number of carbonyl (C=O) groups excluding carboxylic acids is 1. The van der Waals surface area contributed by atoms with Crippen LogP contribution in [0.1, 0.15) is 43.0 Å². The predicted molar refractivity (Wildman–Crippen MR) is 70.6 cm³/mol. The molecule has 1 aromatic heterocycles. The van der Waals surface area contributed by atoms with Crippen molar-refractivity contribution >= 4 is 5.91 Å². The van der Waals surface area contributed by atoms with Crippen molar-refractivity contribution in [2.45, 2.75) is 58.2 Å². The van der Waals surface area contributed by atoms with Gasteiger partial charge in [-0.1, -0.05) is 12.8 Å². The topological polar surface area (TPSA) is 58.4 Å². The Morgan fingerprint density at radius 1 is 1.37 bits per heavy atom. The van der Waals surface area contributed by atoms with E-state index in [2.05, 4.69) is 15.2 Å². The van der Waals surface area contributed by atoms with Gasteiger partial charge in [-0.3, -0.25) is 9.69 Å². The van der Waals surface area contributed by atoms with Crippen LogP contribution >= 0.6 is 0 Å². The van der Waals surface area contributed by atoms with E-state index in [1.807, 2.05) is 13.8 Å². The van der Waals surface area contributed by atoms with Gasteiger partial charge in [0.25, 0.3) is 0 Å². The number of fused-ring (bicyclic) bond motifs is 1. The number of piperazine rings is 1. The molecule has 2 heterocycles. The van der Waals surface area contributed by atoms with E-state index in [1.165, 1.54) is 12.8 Å². The van der Waals surface area contributed by atoms with Crippen molar-refractivity contribution in [3.05, 3.63) is 17.3 Å². The number of oxazole rings is 1. The molecule has 0 bridgehead atoms. The van der Waals surface area contributed by atoms with Crippen LogP contribution in [0.5, 0.6) is 0 Å². The van der Waals surface area contributed by atoms with Gasteiger partial charge in [-0.25, -0.2) is 4.98 Å². The summed E-state index contributed by atoms with van der Waals surface area (Å²) in [5.74, 6) is 1.73. The number of hydrogen-bond donors (Lipinski definition) is 1. The summed E-state index contributed by atoms with van der Waals surface area (Å²) in [6.07, 6.45) is 4.71. The molecule has 5 nitrogen and oxygen atoms in total. The Kier molecular flexibility index (Phi) is 3.31. The number of aromatic nitrogens is 1. The Hall–Kier alpha value is -1.36. The maximum atomic E-state index is 11.8. The van der Waals surface area contributed by atoms with Gasteiger partial charge in [-0.05, 0) is 26.7 Å². The SMILES string of the molecule is Cc1nc(CN2CC(=O)NC3CCCCC32)oc1C. The molecule has 2 atom stereocenters. The number of nitrogens with zero attached hydrogens (tertiary/aromatic N) is 2. The molecule has 0 aromatic carbocycles. The first kappa shape index (κ1) is 12.7. The molecule has 2 aliphatic rings. The van der Waals surface area contributed by atoms with Crippen LogP contribution in [-0.4, -0.2) is 34.4 Å². The second kappa shape index (κ2) is 4.96. The van der Waals surface area contributed by atoms with E-state index in [-0.39, 0.29) is 5.91 Å². The summed E-state index contributed by atoms with van der Waals surface area (Å²) < 4.78 is 5.65. The van der Waals surface area contributed by atoms with E-state index in [0.717, 1.165) is 30.2 Å². The number of nitrogens with one attached hydrogen (secondary N) is 1. The first-order valence-electron chi connectivity index (χ1n) is 7.10. The predicted octanol–water partition coefficient (Wildman–Crippen LogP) is 1.53. The van der Waals surface area contributed by atoms with E-state index in [1.54, 1.807) is 0 Å². The molecule has 19 heavy (non-hydrogen) atoms. The molecule has 3 rings (SSSR count). The molecule has 1 amide bonds. The first-order valence-corrected chi connectivity index (χ1v) is 7.10. The fourth-order valence-corrected chi connectivity index (χ4v) is 3.22. The van der Waals surface area contributed by atoms with Crippen LogP contribution in [0.25, 0.3) is 0 Å².